The van der Waals surface area contributed by atoms with Crippen LogP contribution in [-0.2, 0) is 20.9 Å². The molecule has 0 aromatic carbocycles. The Labute approximate surface area is 190 Å². The number of ether oxygens (including phenoxy) is 1. The van der Waals surface area contributed by atoms with E-state index in [0.29, 0.717) is 6.04 Å². The van der Waals surface area contributed by atoms with Crippen molar-refractivity contribution in [2.45, 2.75) is 49.8 Å². The molecule has 3 heterocycles. The molecule has 3 rings (SSSR count). The van der Waals surface area contributed by atoms with Crippen LogP contribution in [0.5, 0.6) is 0 Å². The van der Waals surface area contributed by atoms with Crippen molar-refractivity contribution in [1.82, 2.24) is 9.80 Å². The molecule has 14 heteroatoms. The molecule has 1 unspecified atom stereocenters. The lowest BCUT2D eigenvalue weighted by Crippen LogP contribution is -2.44. The molecule has 0 saturated carbocycles. The van der Waals surface area contributed by atoms with Gasteiger partial charge in [-0.1, -0.05) is 6.07 Å². The number of halogens is 6. The van der Waals surface area contributed by atoms with Crippen LogP contribution in [0.2, 0.25) is 0 Å². The maximum atomic E-state index is 10.6. The van der Waals surface area contributed by atoms with E-state index in [9.17, 15) is 26.3 Å². The van der Waals surface area contributed by atoms with Gasteiger partial charge in [0, 0.05) is 30.6 Å². The second-order valence-corrected chi connectivity index (χ2v) is 8.81. The molecule has 0 bridgehead atoms. The topological polar surface area (TPSA) is 90.3 Å². The van der Waals surface area contributed by atoms with E-state index in [2.05, 4.69) is 41.4 Å². The van der Waals surface area contributed by atoms with Crippen LogP contribution in [0.25, 0.3) is 0 Å². The third-order valence-electron chi connectivity index (χ3n) is 5.13. The van der Waals surface area contributed by atoms with Crippen LogP contribution < -0.4 is 0 Å². The number of likely N-dealkylation sites (tertiary alicyclic amines) is 1. The van der Waals surface area contributed by atoms with Gasteiger partial charge in [0.2, 0.25) is 0 Å². The van der Waals surface area contributed by atoms with E-state index in [1.807, 2.05) is 11.3 Å². The van der Waals surface area contributed by atoms with E-state index < -0.39 is 24.3 Å². The van der Waals surface area contributed by atoms with E-state index in [1.54, 1.807) is 0 Å². The predicted octanol–water partition coefficient (Wildman–Crippen LogP) is 3.70. The first-order chi connectivity index (χ1) is 15.1. The van der Waals surface area contributed by atoms with Crippen molar-refractivity contribution in [2.75, 3.05) is 33.8 Å². The quantitative estimate of drug-likeness (QED) is 0.602. The van der Waals surface area contributed by atoms with Crippen LogP contribution in [0.15, 0.2) is 17.5 Å². The Morgan fingerprint density at radius 1 is 1.12 bits per heavy atom. The molecule has 2 aliphatic rings. The van der Waals surface area contributed by atoms with E-state index in [1.165, 1.54) is 37.2 Å². The summed E-state index contributed by atoms with van der Waals surface area (Å²) in [6.07, 6.45) is -6.56. The molecule has 2 N–H and O–H groups in total. The van der Waals surface area contributed by atoms with Gasteiger partial charge in [-0.05, 0) is 44.8 Å². The van der Waals surface area contributed by atoms with Crippen LogP contribution in [0.1, 0.15) is 24.1 Å². The number of carbonyl (C=O) groups is 2. The summed E-state index contributed by atoms with van der Waals surface area (Å²) in [4.78, 5) is 24.2. The Kier molecular flexibility index (Phi) is 10.6. The van der Waals surface area contributed by atoms with Gasteiger partial charge < -0.3 is 19.8 Å². The van der Waals surface area contributed by atoms with Gasteiger partial charge in [-0.25, -0.2) is 9.59 Å². The lowest BCUT2D eigenvalue weighted by molar-refractivity contribution is -0.193. The number of rotatable bonds is 3. The molecule has 0 radical (unpaired) electrons. The number of aliphatic carboxylic acids is 2. The Morgan fingerprint density at radius 3 is 1.94 bits per heavy atom. The molecule has 1 atom stereocenters. The fourth-order valence-corrected chi connectivity index (χ4v) is 3.99. The minimum absolute atomic E-state index is 0.181. The van der Waals surface area contributed by atoms with Gasteiger partial charge in [0.25, 0.3) is 0 Å². The number of carboxylic acids is 2. The Hall–Kier alpha value is -1.90. The zero-order valence-electron chi connectivity index (χ0n) is 17.9. The maximum absolute atomic E-state index is 10.6. The largest absolute Gasteiger partial charge is 0.490 e. The highest BCUT2D eigenvalue weighted by molar-refractivity contribution is 7.09. The number of carboxylic acid groups (broad SMARTS) is 2. The van der Waals surface area contributed by atoms with E-state index in [4.69, 9.17) is 24.5 Å². The maximum Gasteiger partial charge on any atom is 0.490 e. The minimum atomic E-state index is -5.08. The second-order valence-electron chi connectivity index (χ2n) is 7.78. The Morgan fingerprint density at radius 2 is 1.61 bits per heavy atom. The summed E-state index contributed by atoms with van der Waals surface area (Å²) >= 11 is 1.87. The average Bonchev–Trinajstić information content (AvgIpc) is 3.34. The summed E-state index contributed by atoms with van der Waals surface area (Å²) in [6.45, 7) is 4.39. The molecule has 33 heavy (non-hydrogen) atoms. The lowest BCUT2D eigenvalue weighted by Gasteiger charge is -2.38. The van der Waals surface area contributed by atoms with Crippen LogP contribution in [0.3, 0.4) is 0 Å². The van der Waals surface area contributed by atoms with Crippen LogP contribution in [0, 0.1) is 0 Å². The number of hydrogen-bond donors (Lipinski definition) is 2. The third-order valence-corrected chi connectivity index (χ3v) is 5.99. The molecular formula is C19H26F6N2O5S. The highest BCUT2D eigenvalue weighted by atomic mass is 32.1. The summed E-state index contributed by atoms with van der Waals surface area (Å²) in [7, 11) is 4.33. The first-order valence-corrected chi connectivity index (χ1v) is 10.6. The zero-order valence-corrected chi connectivity index (χ0v) is 18.8. The highest BCUT2D eigenvalue weighted by Crippen LogP contribution is 2.37. The Bertz CT molecular complexity index is 723. The van der Waals surface area contributed by atoms with Crippen molar-refractivity contribution >= 4 is 23.3 Å². The highest BCUT2D eigenvalue weighted by Gasteiger charge is 2.43. The molecule has 190 valence electrons. The molecule has 2 saturated heterocycles. The first-order valence-electron chi connectivity index (χ1n) is 9.71. The lowest BCUT2D eigenvalue weighted by atomic mass is 9.87. The summed E-state index contributed by atoms with van der Waals surface area (Å²) < 4.78 is 69.6. The summed E-state index contributed by atoms with van der Waals surface area (Å²) in [5.74, 6) is -5.51. The van der Waals surface area contributed by atoms with Crippen LogP contribution in [0.4, 0.5) is 26.3 Å². The van der Waals surface area contributed by atoms with Gasteiger partial charge in [-0.3, -0.25) is 4.90 Å². The normalized spacial score (nSPS) is 20.6. The third kappa shape index (κ3) is 10.3. The van der Waals surface area contributed by atoms with E-state index in [-0.39, 0.29) is 5.60 Å². The van der Waals surface area contributed by atoms with Crippen molar-refractivity contribution in [1.29, 1.82) is 0 Å². The molecule has 1 aromatic rings. The van der Waals surface area contributed by atoms with E-state index >= 15 is 0 Å². The minimum Gasteiger partial charge on any atom is -0.475 e. The van der Waals surface area contributed by atoms with Gasteiger partial charge >= 0.3 is 24.3 Å². The van der Waals surface area contributed by atoms with Gasteiger partial charge in [-0.15, -0.1) is 11.3 Å². The van der Waals surface area contributed by atoms with Crippen LogP contribution >= 0.6 is 11.3 Å². The molecule has 0 amide bonds. The number of piperidine rings is 1. The molecule has 1 aromatic heterocycles. The first kappa shape index (κ1) is 29.1. The molecule has 0 aliphatic carbocycles. The van der Waals surface area contributed by atoms with Crippen molar-refractivity contribution < 1.29 is 50.9 Å². The number of alkyl halides is 6. The number of nitrogens with zero attached hydrogens (tertiary/aromatic N) is 2. The number of thiophene rings is 1. The standard InChI is InChI=1S/C15H24N2OS.2C2HF3O2/c1-16(2)13-10-15(18-12-13)5-7-17(8-6-15)11-14-4-3-9-19-14;2*3-2(4,5)1(6)7/h3-4,9,13H,5-8,10-12H2,1-2H3;2*(H,6,7). The van der Waals surface area contributed by atoms with Crippen molar-refractivity contribution in [3.63, 3.8) is 0 Å². The molecule has 2 fully saturated rings. The van der Waals surface area contributed by atoms with Crippen LogP contribution in [-0.4, -0.2) is 89.7 Å². The molecular weight excluding hydrogens is 482 g/mol. The monoisotopic (exact) mass is 508 g/mol. The summed E-state index contributed by atoms with van der Waals surface area (Å²) in [5, 5.41) is 16.4. The van der Waals surface area contributed by atoms with Crippen molar-refractivity contribution in [3.8, 4) is 0 Å². The van der Waals surface area contributed by atoms with Crippen molar-refractivity contribution in [2.24, 2.45) is 0 Å². The molecule has 2 aliphatic heterocycles. The summed E-state index contributed by atoms with van der Waals surface area (Å²) in [5.41, 5.74) is 0.181. The predicted molar refractivity (Wildman–Crippen MR) is 107 cm³/mol. The summed E-state index contributed by atoms with van der Waals surface area (Å²) in [6, 6.07) is 5.00. The SMILES string of the molecule is CN(C)C1COC2(CCN(Cc3cccs3)CC2)C1.O=C(O)C(F)(F)F.O=C(O)C(F)(F)F. The second kappa shape index (κ2) is 12.0. The Balaban J connectivity index is 0.000000324. The smallest absolute Gasteiger partial charge is 0.475 e. The van der Waals surface area contributed by atoms with Gasteiger partial charge in [-0.2, -0.15) is 26.3 Å². The van der Waals surface area contributed by atoms with Gasteiger partial charge in [0.15, 0.2) is 0 Å². The van der Waals surface area contributed by atoms with Gasteiger partial charge in [0.05, 0.1) is 12.2 Å². The average molecular weight is 508 g/mol. The number of likely N-dealkylation sites (N-methyl/N-ethyl adjacent to an activating group) is 1. The molecule has 1 spiro atoms. The zero-order chi connectivity index (χ0) is 25.4. The van der Waals surface area contributed by atoms with Crippen molar-refractivity contribution in [3.05, 3.63) is 22.4 Å². The van der Waals surface area contributed by atoms with E-state index in [0.717, 1.165) is 13.2 Å². The molecule has 7 nitrogen and oxygen atoms in total. The fraction of sp³-hybridized carbons (Fsp3) is 0.684. The number of hydrogen-bond acceptors (Lipinski definition) is 6. The fourth-order valence-electron chi connectivity index (χ4n) is 3.24. The van der Waals surface area contributed by atoms with Gasteiger partial charge in [0.1, 0.15) is 0 Å².